The number of allylic oxidation sites excluding steroid dienone is 2. The summed E-state index contributed by atoms with van der Waals surface area (Å²) in [6, 6.07) is 8.61. The van der Waals surface area contributed by atoms with Crippen molar-refractivity contribution in [2.45, 2.75) is 6.42 Å². The fourth-order valence-corrected chi connectivity index (χ4v) is 4.61. The summed E-state index contributed by atoms with van der Waals surface area (Å²) in [5.41, 5.74) is 0. The molecule has 2 aromatic rings. The van der Waals surface area contributed by atoms with E-state index in [1.807, 2.05) is 11.3 Å². The molecule has 18 heavy (non-hydrogen) atoms. The van der Waals surface area contributed by atoms with Gasteiger partial charge < -0.3 is 5.84 Å². The predicted molar refractivity (Wildman–Crippen MR) is 83.0 cm³/mol. The van der Waals surface area contributed by atoms with Gasteiger partial charge in [0, 0.05) is 31.8 Å². The Bertz CT molecular complexity index is 644. The molecule has 0 radical (unpaired) electrons. The second-order valence-corrected chi connectivity index (χ2v) is 6.85. The zero-order chi connectivity index (χ0) is 12.4. The Morgan fingerprint density at radius 1 is 1.17 bits per heavy atom. The first-order valence-corrected chi connectivity index (χ1v) is 7.92. The first-order valence-electron chi connectivity index (χ1n) is 5.40. The van der Waals surface area contributed by atoms with E-state index >= 15 is 0 Å². The molecule has 0 amide bonds. The molecule has 2 N–H and O–H groups in total. The molecule has 0 saturated heterocycles. The minimum atomic E-state index is 0.882. The largest absolute Gasteiger partial charge is 0.315 e. The maximum absolute atomic E-state index is 5.12. The van der Waals surface area contributed by atoms with Crippen molar-refractivity contribution in [1.82, 2.24) is 0 Å². The maximum Gasteiger partial charge on any atom is 0.0567 e. The molecule has 1 aliphatic rings. The summed E-state index contributed by atoms with van der Waals surface area (Å²) < 4.78 is 0. The third kappa shape index (κ3) is 2.31. The standard InChI is InChI=1S/C13H10N2S3/c14-15-8-9-3-4-12(17-9)13-6-5-11(18-13)10-2-1-7-16-10/h1-2,4-7H,3,14H2. The van der Waals surface area contributed by atoms with Gasteiger partial charge in [-0.1, -0.05) is 23.9 Å². The van der Waals surface area contributed by atoms with E-state index in [4.69, 9.17) is 5.84 Å². The molecule has 1 aliphatic heterocycles. The summed E-state index contributed by atoms with van der Waals surface area (Å²) >= 11 is 5.31. The van der Waals surface area contributed by atoms with Crippen LogP contribution in [-0.4, -0.2) is 5.87 Å². The maximum atomic E-state index is 5.12. The number of hydrogen-bond acceptors (Lipinski definition) is 5. The van der Waals surface area contributed by atoms with Gasteiger partial charge >= 0.3 is 0 Å². The van der Waals surface area contributed by atoms with Gasteiger partial charge in [-0.15, -0.1) is 27.8 Å². The molecule has 0 saturated carbocycles. The third-order valence-electron chi connectivity index (χ3n) is 2.51. The van der Waals surface area contributed by atoms with Crippen LogP contribution in [0.3, 0.4) is 0 Å². The highest BCUT2D eigenvalue weighted by molar-refractivity contribution is 8.12. The van der Waals surface area contributed by atoms with Gasteiger partial charge in [-0.05, 0) is 23.6 Å². The van der Waals surface area contributed by atoms with Crippen LogP contribution in [0.1, 0.15) is 11.3 Å². The fourth-order valence-electron chi connectivity index (χ4n) is 1.71. The summed E-state index contributed by atoms with van der Waals surface area (Å²) in [5, 5.41) is 5.56. The molecule has 3 heterocycles. The van der Waals surface area contributed by atoms with Crippen LogP contribution in [0.4, 0.5) is 0 Å². The highest BCUT2D eigenvalue weighted by Gasteiger charge is 2.15. The normalized spacial score (nSPS) is 14.4. The molecule has 0 unspecified atom stereocenters. The molecular formula is C13H10N2S3. The van der Waals surface area contributed by atoms with Crippen LogP contribution < -0.4 is 5.84 Å². The van der Waals surface area contributed by atoms with Crippen LogP contribution in [0, 0.1) is 0 Å². The van der Waals surface area contributed by atoms with Crippen LogP contribution in [0.25, 0.3) is 14.7 Å². The van der Waals surface area contributed by atoms with Crippen molar-refractivity contribution in [2.24, 2.45) is 10.9 Å². The van der Waals surface area contributed by atoms with E-state index in [0.717, 1.165) is 11.3 Å². The molecule has 0 aromatic carbocycles. The Morgan fingerprint density at radius 3 is 2.83 bits per heavy atom. The summed E-state index contributed by atoms with van der Waals surface area (Å²) in [4.78, 5) is 6.32. The number of hydrogen-bond donors (Lipinski definition) is 1. The van der Waals surface area contributed by atoms with Crippen molar-refractivity contribution in [3.63, 3.8) is 0 Å². The number of thioether (sulfide) groups is 1. The molecule has 0 spiro atoms. The molecule has 0 bridgehead atoms. The van der Waals surface area contributed by atoms with Crippen molar-refractivity contribution in [3.8, 4) is 9.75 Å². The number of nitrogens with zero attached hydrogens (tertiary/aromatic N) is 1. The van der Waals surface area contributed by atoms with Crippen LogP contribution >= 0.6 is 34.4 Å². The number of rotatable bonds is 2. The quantitative estimate of drug-likeness (QED) is 0.506. The van der Waals surface area contributed by atoms with Gasteiger partial charge in [-0.2, -0.15) is 0 Å². The monoisotopic (exact) mass is 290 g/mol. The number of hydrazone groups is 1. The van der Waals surface area contributed by atoms with Crippen molar-refractivity contribution < 1.29 is 0 Å². The first-order chi connectivity index (χ1) is 8.86. The average molecular weight is 290 g/mol. The molecule has 0 aliphatic carbocycles. The Kier molecular flexibility index (Phi) is 3.39. The lowest BCUT2D eigenvalue weighted by Crippen LogP contribution is -1.77. The van der Waals surface area contributed by atoms with E-state index in [-0.39, 0.29) is 0 Å². The van der Waals surface area contributed by atoms with Crippen molar-refractivity contribution in [1.29, 1.82) is 0 Å². The van der Waals surface area contributed by atoms with Gasteiger partial charge in [0.25, 0.3) is 0 Å². The van der Waals surface area contributed by atoms with Gasteiger partial charge in [0.2, 0.25) is 0 Å². The third-order valence-corrected chi connectivity index (χ3v) is 5.93. The Morgan fingerprint density at radius 2 is 2.06 bits per heavy atom. The Hall–Kier alpha value is -1.26. The number of nitrogens with two attached hydrogens (primary N) is 1. The minimum Gasteiger partial charge on any atom is -0.315 e. The molecule has 0 atom stereocenters. The van der Waals surface area contributed by atoms with E-state index in [2.05, 4.69) is 46.7 Å². The number of thiophene rings is 2. The SMILES string of the molecule is NN=C=C1CC=C(c2ccc(-c3cccs3)s2)S1. The van der Waals surface area contributed by atoms with E-state index in [9.17, 15) is 0 Å². The van der Waals surface area contributed by atoms with E-state index in [0.29, 0.717) is 0 Å². The van der Waals surface area contributed by atoms with E-state index < -0.39 is 0 Å². The molecule has 2 nitrogen and oxygen atoms in total. The van der Waals surface area contributed by atoms with Gasteiger partial charge in [0.05, 0.1) is 4.91 Å². The van der Waals surface area contributed by atoms with Crippen LogP contribution in [0.15, 0.2) is 45.7 Å². The summed E-state index contributed by atoms with van der Waals surface area (Å²) in [6.07, 6.45) is 3.09. The second kappa shape index (κ2) is 5.16. The van der Waals surface area contributed by atoms with Gasteiger partial charge in [-0.3, -0.25) is 0 Å². The van der Waals surface area contributed by atoms with Gasteiger partial charge in [-0.25, -0.2) is 0 Å². The van der Waals surface area contributed by atoms with Crippen LogP contribution in [0.5, 0.6) is 0 Å². The Labute approximate surface area is 118 Å². The lowest BCUT2D eigenvalue weighted by molar-refractivity contribution is 1.27. The van der Waals surface area contributed by atoms with Gasteiger partial charge in [0.15, 0.2) is 0 Å². The van der Waals surface area contributed by atoms with Crippen molar-refractivity contribution in [3.05, 3.63) is 45.5 Å². The zero-order valence-corrected chi connectivity index (χ0v) is 11.9. The summed E-state index contributed by atoms with van der Waals surface area (Å²) in [6.45, 7) is 0. The molecule has 2 aromatic heterocycles. The smallest absolute Gasteiger partial charge is 0.0567 e. The lowest BCUT2D eigenvalue weighted by Gasteiger charge is -1.95. The zero-order valence-electron chi connectivity index (χ0n) is 9.42. The topological polar surface area (TPSA) is 38.4 Å². The highest BCUT2D eigenvalue weighted by Crippen LogP contribution is 2.44. The minimum absolute atomic E-state index is 0.882. The molecule has 3 rings (SSSR count). The molecule has 0 fully saturated rings. The predicted octanol–water partition coefficient (Wildman–Crippen LogP) is 4.38. The lowest BCUT2D eigenvalue weighted by atomic mass is 10.3. The first kappa shape index (κ1) is 11.8. The summed E-state index contributed by atoms with van der Waals surface area (Å²) in [7, 11) is 0. The van der Waals surface area contributed by atoms with Crippen LogP contribution in [-0.2, 0) is 0 Å². The molecule has 90 valence electrons. The van der Waals surface area contributed by atoms with E-state index in [1.54, 1.807) is 23.1 Å². The summed E-state index contributed by atoms with van der Waals surface area (Å²) in [5.74, 6) is 7.94. The molecular weight excluding hydrogens is 280 g/mol. The molecule has 5 heteroatoms. The Balaban J connectivity index is 1.85. The second-order valence-electron chi connectivity index (χ2n) is 3.68. The van der Waals surface area contributed by atoms with Crippen LogP contribution in [0.2, 0.25) is 0 Å². The fraction of sp³-hybridized carbons (Fsp3) is 0.0769. The highest BCUT2D eigenvalue weighted by atomic mass is 32.2. The average Bonchev–Trinajstić information content (AvgIpc) is 3.10. The van der Waals surface area contributed by atoms with Gasteiger partial charge in [0.1, 0.15) is 0 Å². The van der Waals surface area contributed by atoms with Crippen molar-refractivity contribution >= 4 is 45.2 Å². The van der Waals surface area contributed by atoms with Crippen molar-refractivity contribution in [2.75, 3.05) is 0 Å². The van der Waals surface area contributed by atoms with E-state index in [1.165, 1.54) is 19.5 Å².